The number of aryl methyl sites for hydroxylation is 2. The van der Waals surface area contributed by atoms with E-state index < -0.39 is 0 Å². The van der Waals surface area contributed by atoms with Crippen molar-refractivity contribution in [3.8, 4) is 0 Å². The standard InChI is InChI=1S/C12H11N3OS/c16-12-14-7-2-1-5-11(14)13-15(12)8-6-10-4-3-9-17-10/h1-5,7,9H,6,8H2. The van der Waals surface area contributed by atoms with Crippen molar-refractivity contribution in [1.29, 1.82) is 0 Å². The van der Waals surface area contributed by atoms with Gasteiger partial charge in [0.2, 0.25) is 0 Å². The maximum atomic E-state index is 12.0. The summed E-state index contributed by atoms with van der Waals surface area (Å²) in [6, 6.07) is 9.64. The van der Waals surface area contributed by atoms with Crippen LogP contribution in [0.1, 0.15) is 4.88 Å². The van der Waals surface area contributed by atoms with E-state index in [1.807, 2.05) is 29.6 Å². The quantitative estimate of drug-likeness (QED) is 0.706. The highest BCUT2D eigenvalue weighted by Gasteiger charge is 2.05. The average Bonchev–Trinajstić information content (AvgIpc) is 2.96. The minimum Gasteiger partial charge on any atom is -0.250 e. The molecule has 0 amide bonds. The van der Waals surface area contributed by atoms with Gasteiger partial charge in [-0.15, -0.1) is 16.4 Å². The first-order valence-electron chi connectivity index (χ1n) is 5.41. The first-order chi connectivity index (χ1) is 8.34. The van der Waals surface area contributed by atoms with E-state index in [4.69, 9.17) is 0 Å². The van der Waals surface area contributed by atoms with E-state index in [0.29, 0.717) is 12.2 Å². The van der Waals surface area contributed by atoms with Gasteiger partial charge in [-0.3, -0.25) is 4.40 Å². The molecule has 3 heterocycles. The van der Waals surface area contributed by atoms with Gasteiger partial charge in [-0.25, -0.2) is 9.48 Å². The Morgan fingerprint density at radius 3 is 2.94 bits per heavy atom. The Kier molecular flexibility index (Phi) is 2.53. The molecule has 0 aliphatic carbocycles. The molecule has 4 nitrogen and oxygen atoms in total. The fourth-order valence-corrected chi connectivity index (χ4v) is 2.48. The number of pyridine rings is 1. The summed E-state index contributed by atoms with van der Waals surface area (Å²) < 4.78 is 3.09. The first-order valence-corrected chi connectivity index (χ1v) is 6.29. The van der Waals surface area contributed by atoms with Crippen molar-refractivity contribution in [1.82, 2.24) is 14.2 Å². The van der Waals surface area contributed by atoms with E-state index in [-0.39, 0.29) is 5.69 Å². The van der Waals surface area contributed by atoms with Gasteiger partial charge in [0.05, 0.1) is 6.54 Å². The second-order valence-corrected chi connectivity index (χ2v) is 4.80. The second kappa shape index (κ2) is 4.18. The average molecular weight is 245 g/mol. The molecule has 5 heteroatoms. The van der Waals surface area contributed by atoms with Crippen LogP contribution in [0.5, 0.6) is 0 Å². The van der Waals surface area contributed by atoms with Crippen LogP contribution in [0.3, 0.4) is 0 Å². The largest absolute Gasteiger partial charge is 0.350 e. The fourth-order valence-electron chi connectivity index (χ4n) is 1.78. The molecule has 3 aromatic rings. The lowest BCUT2D eigenvalue weighted by molar-refractivity contribution is 0.596. The van der Waals surface area contributed by atoms with Gasteiger partial charge in [0.1, 0.15) is 0 Å². The van der Waals surface area contributed by atoms with E-state index in [9.17, 15) is 4.79 Å². The lowest BCUT2D eigenvalue weighted by Gasteiger charge is -1.96. The smallest absolute Gasteiger partial charge is 0.250 e. The molecule has 0 fully saturated rings. The number of fused-ring (bicyclic) bond motifs is 1. The van der Waals surface area contributed by atoms with Gasteiger partial charge in [0, 0.05) is 17.5 Å². The Bertz CT molecular complexity index is 681. The van der Waals surface area contributed by atoms with Crippen LogP contribution < -0.4 is 5.69 Å². The molecule has 0 aliphatic rings. The van der Waals surface area contributed by atoms with E-state index in [0.717, 1.165) is 6.42 Å². The third-order valence-corrected chi connectivity index (χ3v) is 3.57. The summed E-state index contributed by atoms with van der Waals surface area (Å²) in [5.74, 6) is 0. The molecule has 0 unspecified atom stereocenters. The maximum Gasteiger partial charge on any atom is 0.350 e. The molecule has 0 aliphatic heterocycles. The SMILES string of the molecule is O=c1n(CCc2cccs2)nc2ccccn12. The van der Waals surface area contributed by atoms with Crippen LogP contribution in [0.4, 0.5) is 0 Å². The van der Waals surface area contributed by atoms with Crippen molar-refractivity contribution in [2.75, 3.05) is 0 Å². The van der Waals surface area contributed by atoms with Gasteiger partial charge in [-0.05, 0) is 23.6 Å². The predicted molar refractivity (Wildman–Crippen MR) is 67.5 cm³/mol. The number of rotatable bonds is 3. The zero-order valence-corrected chi connectivity index (χ0v) is 9.93. The first kappa shape index (κ1) is 10.3. The van der Waals surface area contributed by atoms with Crippen molar-refractivity contribution >= 4 is 17.0 Å². The lowest BCUT2D eigenvalue weighted by atomic mass is 10.3. The molecule has 3 aromatic heterocycles. The summed E-state index contributed by atoms with van der Waals surface area (Å²) in [5, 5.41) is 6.33. The van der Waals surface area contributed by atoms with Gasteiger partial charge in [0.15, 0.2) is 5.65 Å². The number of nitrogens with zero attached hydrogens (tertiary/aromatic N) is 3. The Hall–Kier alpha value is -1.88. The normalized spacial score (nSPS) is 11.1. The summed E-state index contributed by atoms with van der Waals surface area (Å²) in [4.78, 5) is 13.2. The third kappa shape index (κ3) is 1.89. The van der Waals surface area contributed by atoms with E-state index >= 15 is 0 Å². The molecule has 0 saturated carbocycles. The zero-order chi connectivity index (χ0) is 11.7. The van der Waals surface area contributed by atoms with Crippen LogP contribution in [0.25, 0.3) is 5.65 Å². The fraction of sp³-hybridized carbons (Fsp3) is 0.167. The van der Waals surface area contributed by atoms with Gasteiger partial charge in [0.25, 0.3) is 0 Å². The Labute approximate surface area is 102 Å². The number of thiophene rings is 1. The number of hydrogen-bond acceptors (Lipinski definition) is 3. The topological polar surface area (TPSA) is 39.3 Å². The van der Waals surface area contributed by atoms with Gasteiger partial charge >= 0.3 is 5.69 Å². The maximum absolute atomic E-state index is 12.0. The number of aromatic nitrogens is 3. The van der Waals surface area contributed by atoms with E-state index in [2.05, 4.69) is 11.2 Å². The van der Waals surface area contributed by atoms with E-state index in [1.54, 1.807) is 21.9 Å². The number of hydrogen-bond donors (Lipinski definition) is 0. The monoisotopic (exact) mass is 245 g/mol. The second-order valence-electron chi connectivity index (χ2n) is 3.76. The highest BCUT2D eigenvalue weighted by molar-refractivity contribution is 7.09. The Morgan fingerprint density at radius 2 is 2.18 bits per heavy atom. The summed E-state index contributed by atoms with van der Waals surface area (Å²) in [6.45, 7) is 0.626. The van der Waals surface area contributed by atoms with Crippen LogP contribution >= 0.6 is 11.3 Å². The van der Waals surface area contributed by atoms with Crippen molar-refractivity contribution in [3.63, 3.8) is 0 Å². The van der Waals surface area contributed by atoms with Crippen molar-refractivity contribution in [2.24, 2.45) is 0 Å². The van der Waals surface area contributed by atoms with Crippen molar-refractivity contribution < 1.29 is 0 Å². The molecule has 86 valence electrons. The summed E-state index contributed by atoms with van der Waals surface area (Å²) >= 11 is 1.70. The van der Waals surface area contributed by atoms with Crippen LogP contribution in [-0.2, 0) is 13.0 Å². The zero-order valence-electron chi connectivity index (χ0n) is 9.11. The molecule has 0 aromatic carbocycles. The molecule has 17 heavy (non-hydrogen) atoms. The summed E-state index contributed by atoms with van der Waals surface area (Å²) in [7, 11) is 0. The Morgan fingerprint density at radius 1 is 1.24 bits per heavy atom. The minimum atomic E-state index is -0.0721. The molecular formula is C12H11N3OS. The molecule has 0 radical (unpaired) electrons. The third-order valence-electron chi connectivity index (χ3n) is 2.64. The van der Waals surface area contributed by atoms with Gasteiger partial charge < -0.3 is 0 Å². The summed E-state index contributed by atoms with van der Waals surface area (Å²) in [6.07, 6.45) is 2.59. The summed E-state index contributed by atoms with van der Waals surface area (Å²) in [5.41, 5.74) is 0.626. The van der Waals surface area contributed by atoms with Gasteiger partial charge in [-0.2, -0.15) is 0 Å². The lowest BCUT2D eigenvalue weighted by Crippen LogP contribution is -2.21. The highest BCUT2D eigenvalue weighted by atomic mass is 32.1. The van der Waals surface area contributed by atoms with Crippen LogP contribution in [0.2, 0.25) is 0 Å². The molecule has 0 bridgehead atoms. The highest BCUT2D eigenvalue weighted by Crippen LogP contribution is 2.09. The van der Waals surface area contributed by atoms with Crippen LogP contribution in [0.15, 0.2) is 46.7 Å². The molecule has 0 N–H and O–H groups in total. The van der Waals surface area contributed by atoms with Crippen molar-refractivity contribution in [3.05, 3.63) is 57.3 Å². The predicted octanol–water partition coefficient (Wildman–Crippen LogP) is 1.80. The molecule has 3 rings (SSSR count). The minimum absolute atomic E-state index is 0.0721. The van der Waals surface area contributed by atoms with Crippen LogP contribution in [-0.4, -0.2) is 14.2 Å². The Balaban J connectivity index is 1.90. The van der Waals surface area contributed by atoms with Crippen molar-refractivity contribution in [2.45, 2.75) is 13.0 Å². The van der Waals surface area contributed by atoms with Crippen LogP contribution in [0, 0.1) is 0 Å². The van der Waals surface area contributed by atoms with E-state index in [1.165, 1.54) is 9.56 Å². The molecular weight excluding hydrogens is 234 g/mol. The molecule has 0 spiro atoms. The van der Waals surface area contributed by atoms with Gasteiger partial charge in [-0.1, -0.05) is 12.1 Å². The molecule has 0 atom stereocenters. The molecule has 0 saturated heterocycles.